The molecule has 86 valence electrons. The van der Waals surface area contributed by atoms with Crippen LogP contribution in [0.3, 0.4) is 0 Å². The van der Waals surface area contributed by atoms with Crippen molar-refractivity contribution in [2.75, 3.05) is 6.54 Å². The molecule has 0 atom stereocenters. The van der Waals surface area contributed by atoms with Crippen LogP contribution in [0, 0.1) is 4.84 Å². The minimum Gasteiger partial charge on any atom is -0.429 e. The van der Waals surface area contributed by atoms with Crippen molar-refractivity contribution >= 4 is 23.3 Å². The molecule has 0 aliphatic carbocycles. The van der Waals surface area contributed by atoms with Gasteiger partial charge in [-0.05, 0) is 37.3 Å². The Balaban J connectivity index is 2.16. The number of nitrogens with one attached hydrogen (secondary N) is 1. The number of nitrogens with zero attached hydrogens (tertiary/aromatic N) is 1. The van der Waals surface area contributed by atoms with Gasteiger partial charge in [0.15, 0.2) is 5.58 Å². The Morgan fingerprint density at radius 1 is 1.38 bits per heavy atom. The molecule has 2 rings (SSSR count). The van der Waals surface area contributed by atoms with Crippen molar-refractivity contribution in [1.29, 1.82) is 0 Å². The molecule has 0 saturated carbocycles. The fraction of sp³-hybridized carbons (Fsp3) is 0.417. The first kappa shape index (κ1) is 11.4. The molecular weight excluding hydrogens is 220 g/mol. The van der Waals surface area contributed by atoms with Crippen LogP contribution in [0.25, 0.3) is 11.1 Å². The summed E-state index contributed by atoms with van der Waals surface area (Å²) < 4.78 is 7.48. The molecule has 1 aromatic carbocycles. The lowest BCUT2D eigenvalue weighted by atomic mass is 10.3. The van der Waals surface area contributed by atoms with Gasteiger partial charge in [0.25, 0.3) is 4.84 Å². The molecule has 0 unspecified atom stereocenters. The lowest BCUT2D eigenvalue weighted by molar-refractivity contribution is 0.492. The van der Waals surface area contributed by atoms with Gasteiger partial charge in [-0.25, -0.2) is 0 Å². The fourth-order valence-corrected chi connectivity index (χ4v) is 1.91. The van der Waals surface area contributed by atoms with Gasteiger partial charge in [0.2, 0.25) is 0 Å². The van der Waals surface area contributed by atoms with E-state index in [4.69, 9.17) is 16.6 Å². The summed E-state index contributed by atoms with van der Waals surface area (Å²) in [6.45, 7) is 3.91. The second-order valence-electron chi connectivity index (χ2n) is 3.78. The van der Waals surface area contributed by atoms with E-state index in [0.29, 0.717) is 4.84 Å². The highest BCUT2D eigenvalue weighted by Crippen LogP contribution is 2.16. The molecule has 0 radical (unpaired) electrons. The maximum atomic E-state index is 5.49. The minimum atomic E-state index is 0.533. The van der Waals surface area contributed by atoms with E-state index >= 15 is 0 Å². The normalized spacial score (nSPS) is 11.1. The van der Waals surface area contributed by atoms with Crippen molar-refractivity contribution in [2.24, 2.45) is 0 Å². The summed E-state index contributed by atoms with van der Waals surface area (Å²) in [5.41, 5.74) is 1.90. The largest absolute Gasteiger partial charge is 0.429 e. The number of hydrogen-bond donors (Lipinski definition) is 1. The Bertz CT molecular complexity index is 515. The van der Waals surface area contributed by atoms with E-state index in [1.165, 1.54) is 12.8 Å². The van der Waals surface area contributed by atoms with Crippen molar-refractivity contribution in [3.8, 4) is 0 Å². The predicted molar refractivity (Wildman–Crippen MR) is 67.9 cm³/mol. The van der Waals surface area contributed by atoms with Crippen molar-refractivity contribution in [3.05, 3.63) is 29.1 Å². The third-order valence-corrected chi connectivity index (χ3v) is 2.85. The van der Waals surface area contributed by atoms with E-state index in [9.17, 15) is 0 Å². The minimum absolute atomic E-state index is 0.533. The molecule has 2 aromatic rings. The number of aromatic nitrogens is 1. The predicted octanol–water partition coefficient (Wildman–Crippen LogP) is 3.31. The number of para-hydroxylation sites is 2. The molecule has 0 fully saturated rings. The maximum Gasteiger partial charge on any atom is 0.270 e. The van der Waals surface area contributed by atoms with Crippen LogP contribution in [-0.2, 0) is 6.67 Å². The average molecular weight is 236 g/mol. The Morgan fingerprint density at radius 3 is 3.00 bits per heavy atom. The molecule has 4 heteroatoms. The van der Waals surface area contributed by atoms with Crippen LogP contribution >= 0.6 is 12.2 Å². The quantitative estimate of drug-likeness (QED) is 0.638. The lowest BCUT2D eigenvalue weighted by Crippen LogP contribution is -2.19. The zero-order chi connectivity index (χ0) is 11.4. The summed E-state index contributed by atoms with van der Waals surface area (Å²) in [6, 6.07) is 7.91. The molecule has 3 nitrogen and oxygen atoms in total. The third-order valence-electron chi connectivity index (χ3n) is 2.55. The van der Waals surface area contributed by atoms with Crippen LogP contribution in [-0.4, -0.2) is 11.1 Å². The van der Waals surface area contributed by atoms with E-state index in [-0.39, 0.29) is 0 Å². The average Bonchev–Trinajstić information content (AvgIpc) is 2.61. The highest BCUT2D eigenvalue weighted by atomic mass is 32.1. The zero-order valence-corrected chi connectivity index (χ0v) is 10.2. The summed E-state index contributed by atoms with van der Waals surface area (Å²) >= 11 is 5.19. The van der Waals surface area contributed by atoms with E-state index in [1.807, 2.05) is 28.8 Å². The maximum absolute atomic E-state index is 5.49. The summed E-state index contributed by atoms with van der Waals surface area (Å²) in [4.78, 5) is 0.533. The first-order chi connectivity index (χ1) is 7.83. The van der Waals surface area contributed by atoms with Crippen LogP contribution in [0.2, 0.25) is 0 Å². The van der Waals surface area contributed by atoms with Crippen LogP contribution in [0.1, 0.15) is 19.8 Å². The second kappa shape index (κ2) is 5.27. The molecule has 1 heterocycles. The highest BCUT2D eigenvalue weighted by Gasteiger charge is 2.04. The van der Waals surface area contributed by atoms with Gasteiger partial charge in [-0.1, -0.05) is 25.5 Å². The molecule has 16 heavy (non-hydrogen) atoms. The van der Waals surface area contributed by atoms with Gasteiger partial charge in [0.05, 0.1) is 12.2 Å². The number of fused-ring (bicyclic) bond motifs is 1. The van der Waals surface area contributed by atoms with Crippen molar-refractivity contribution in [1.82, 2.24) is 9.88 Å². The summed E-state index contributed by atoms with van der Waals surface area (Å²) in [5.74, 6) is 0. The van der Waals surface area contributed by atoms with E-state index in [1.54, 1.807) is 0 Å². The summed E-state index contributed by atoms with van der Waals surface area (Å²) in [5, 5.41) is 3.36. The first-order valence-electron chi connectivity index (χ1n) is 5.62. The smallest absolute Gasteiger partial charge is 0.270 e. The summed E-state index contributed by atoms with van der Waals surface area (Å²) in [6.07, 6.45) is 2.38. The lowest BCUT2D eigenvalue weighted by Gasteiger charge is -2.04. The summed E-state index contributed by atoms with van der Waals surface area (Å²) in [7, 11) is 0. The van der Waals surface area contributed by atoms with Gasteiger partial charge in [0.1, 0.15) is 0 Å². The van der Waals surface area contributed by atoms with Crippen LogP contribution in [0.15, 0.2) is 28.7 Å². The van der Waals surface area contributed by atoms with Crippen molar-refractivity contribution in [2.45, 2.75) is 26.4 Å². The van der Waals surface area contributed by atoms with Gasteiger partial charge in [0, 0.05) is 0 Å². The molecule has 0 aliphatic heterocycles. The number of rotatable bonds is 5. The molecule has 0 bridgehead atoms. The van der Waals surface area contributed by atoms with Crippen molar-refractivity contribution in [3.63, 3.8) is 0 Å². The number of unbranched alkanes of at least 4 members (excludes halogenated alkanes) is 1. The van der Waals surface area contributed by atoms with Crippen molar-refractivity contribution < 1.29 is 4.42 Å². The van der Waals surface area contributed by atoms with E-state index in [0.717, 1.165) is 24.3 Å². The molecule has 0 saturated heterocycles. The Labute approximate surface area is 100 Å². The van der Waals surface area contributed by atoms with E-state index < -0.39 is 0 Å². The van der Waals surface area contributed by atoms with Gasteiger partial charge in [-0.2, -0.15) is 0 Å². The Hall–Kier alpha value is -1.13. The number of oxazole rings is 1. The molecule has 0 aliphatic rings. The second-order valence-corrected chi connectivity index (χ2v) is 4.12. The molecule has 1 aromatic heterocycles. The molecule has 0 spiro atoms. The Morgan fingerprint density at radius 2 is 2.19 bits per heavy atom. The van der Waals surface area contributed by atoms with Gasteiger partial charge < -0.3 is 4.42 Å². The van der Waals surface area contributed by atoms with Gasteiger partial charge >= 0.3 is 0 Å². The van der Waals surface area contributed by atoms with E-state index in [2.05, 4.69) is 12.2 Å². The van der Waals surface area contributed by atoms with Crippen LogP contribution < -0.4 is 5.32 Å². The standard InChI is InChI=1S/C12H16N2OS/c1-2-3-8-13-9-14-10-6-4-5-7-11(10)15-12(14)16/h4-7,13H,2-3,8-9H2,1H3. The highest BCUT2D eigenvalue weighted by molar-refractivity contribution is 7.71. The first-order valence-corrected chi connectivity index (χ1v) is 6.03. The zero-order valence-electron chi connectivity index (χ0n) is 9.40. The number of benzene rings is 1. The van der Waals surface area contributed by atoms with Crippen LogP contribution in [0.4, 0.5) is 0 Å². The monoisotopic (exact) mass is 236 g/mol. The number of hydrogen-bond acceptors (Lipinski definition) is 3. The molecule has 1 N–H and O–H groups in total. The fourth-order valence-electron chi connectivity index (χ4n) is 1.66. The molecular formula is C12H16N2OS. The Kier molecular flexibility index (Phi) is 3.74. The van der Waals surface area contributed by atoms with Gasteiger partial charge in [-0.3, -0.25) is 9.88 Å². The third kappa shape index (κ3) is 2.33. The SMILES string of the molecule is CCCCNCn1c(=S)oc2ccccc21. The topological polar surface area (TPSA) is 30.1 Å². The molecule has 0 amide bonds. The van der Waals surface area contributed by atoms with Crippen LogP contribution in [0.5, 0.6) is 0 Å². The van der Waals surface area contributed by atoms with Gasteiger partial charge in [-0.15, -0.1) is 0 Å².